The van der Waals surface area contributed by atoms with Gasteiger partial charge in [0.25, 0.3) is 0 Å². The average molecular weight is 369 g/mol. The minimum absolute atomic E-state index is 0.0117. The highest BCUT2D eigenvalue weighted by Crippen LogP contribution is 2.36. The number of halogens is 1. The summed E-state index contributed by atoms with van der Waals surface area (Å²) in [6.45, 7) is 3.91. The van der Waals surface area contributed by atoms with E-state index in [1.807, 2.05) is 0 Å². The second kappa shape index (κ2) is 6.95. The highest BCUT2D eigenvalue weighted by molar-refractivity contribution is 6.03. The Morgan fingerprint density at radius 3 is 2.59 bits per heavy atom. The van der Waals surface area contributed by atoms with Crippen LogP contribution in [0, 0.1) is 18.7 Å². The number of carbonyl (C=O) groups is 2. The lowest BCUT2D eigenvalue weighted by Gasteiger charge is -2.22. The van der Waals surface area contributed by atoms with Gasteiger partial charge in [-0.2, -0.15) is 0 Å². The zero-order valence-electron chi connectivity index (χ0n) is 15.7. The third-order valence-electron chi connectivity index (χ3n) is 6.08. The van der Waals surface area contributed by atoms with Gasteiger partial charge in [0.05, 0.1) is 0 Å². The Morgan fingerprint density at radius 2 is 1.93 bits per heavy atom. The van der Waals surface area contributed by atoms with E-state index in [2.05, 4.69) is 11.9 Å². The van der Waals surface area contributed by atoms with E-state index in [0.717, 1.165) is 30.5 Å². The zero-order valence-corrected chi connectivity index (χ0v) is 15.7. The van der Waals surface area contributed by atoms with E-state index >= 15 is 0 Å². The molecule has 3 atom stereocenters. The fourth-order valence-electron chi connectivity index (χ4n) is 4.49. The van der Waals surface area contributed by atoms with Crippen molar-refractivity contribution < 1.29 is 18.7 Å². The Hall–Kier alpha value is -2.43. The van der Waals surface area contributed by atoms with Crippen molar-refractivity contribution in [1.29, 1.82) is 0 Å². The number of fused-ring (bicyclic) bond motifs is 1. The molecule has 1 fully saturated rings. The number of hydrogen-bond acceptors (Lipinski definition) is 3. The molecule has 0 radical (unpaired) electrons. The lowest BCUT2D eigenvalue weighted by molar-refractivity contribution is 0.0219. The van der Waals surface area contributed by atoms with Gasteiger partial charge in [-0.3, -0.25) is 4.79 Å². The first kappa shape index (κ1) is 18.0. The highest BCUT2D eigenvalue weighted by atomic mass is 19.1. The molecule has 2 aliphatic rings. The number of Topliss-reactive ketones (excluding diaryl/α,β-unsaturated/α-hetero) is 1. The number of hydrogen-bond donors (Lipinski definition) is 1. The van der Waals surface area contributed by atoms with Crippen molar-refractivity contribution in [1.82, 2.24) is 4.98 Å². The Bertz CT molecular complexity index is 884. The molecule has 1 aromatic carbocycles. The van der Waals surface area contributed by atoms with Crippen LogP contribution in [0.25, 0.3) is 0 Å². The van der Waals surface area contributed by atoms with Gasteiger partial charge in [-0.1, -0.05) is 19.1 Å². The largest absolute Gasteiger partial charge is 0.457 e. The van der Waals surface area contributed by atoms with Gasteiger partial charge in [0.15, 0.2) is 5.78 Å². The number of ketones is 1. The van der Waals surface area contributed by atoms with E-state index in [-0.39, 0.29) is 29.6 Å². The first-order valence-electron chi connectivity index (χ1n) is 9.65. The SMILES string of the molecule is Cc1c(C(=O)O[C@@H]2CCC[C@@H]2C)[nH]c2c1C(=O)C[C@H](c1ccc(F)cc1)C2. The predicted molar refractivity (Wildman–Crippen MR) is 99.5 cm³/mol. The monoisotopic (exact) mass is 369 g/mol. The molecular formula is C22H24FNO3. The maximum absolute atomic E-state index is 13.2. The first-order valence-corrected chi connectivity index (χ1v) is 9.65. The molecule has 2 aromatic rings. The zero-order chi connectivity index (χ0) is 19.1. The number of nitrogens with one attached hydrogen (secondary N) is 1. The number of benzene rings is 1. The van der Waals surface area contributed by atoms with Crippen LogP contribution < -0.4 is 0 Å². The fraction of sp³-hybridized carbons (Fsp3) is 0.455. The first-order chi connectivity index (χ1) is 12.9. The molecular weight excluding hydrogens is 345 g/mol. The Morgan fingerprint density at radius 1 is 1.19 bits per heavy atom. The van der Waals surface area contributed by atoms with Crippen molar-refractivity contribution in [2.75, 3.05) is 0 Å². The van der Waals surface area contributed by atoms with E-state index in [9.17, 15) is 14.0 Å². The molecule has 1 saturated carbocycles. The van der Waals surface area contributed by atoms with Gasteiger partial charge in [0.2, 0.25) is 0 Å². The smallest absolute Gasteiger partial charge is 0.355 e. The van der Waals surface area contributed by atoms with Gasteiger partial charge in [-0.25, -0.2) is 9.18 Å². The molecule has 0 saturated heterocycles. The number of aromatic amines is 1. The summed E-state index contributed by atoms with van der Waals surface area (Å²) in [6.07, 6.45) is 4.01. The Labute approximate surface area is 158 Å². The molecule has 4 nitrogen and oxygen atoms in total. The molecule has 0 aliphatic heterocycles. The highest BCUT2D eigenvalue weighted by Gasteiger charge is 2.34. The summed E-state index contributed by atoms with van der Waals surface area (Å²) in [5.74, 6) is -0.270. The molecule has 0 unspecified atom stereocenters. The van der Waals surface area contributed by atoms with Crippen LogP contribution in [-0.4, -0.2) is 22.8 Å². The normalized spacial score (nSPS) is 24.7. The van der Waals surface area contributed by atoms with E-state index in [1.165, 1.54) is 12.1 Å². The lowest BCUT2D eigenvalue weighted by Crippen LogP contribution is -2.21. The number of H-pyrrole nitrogens is 1. The quantitative estimate of drug-likeness (QED) is 0.797. The molecule has 0 amide bonds. The summed E-state index contributed by atoms with van der Waals surface area (Å²) in [7, 11) is 0. The Kier molecular flexibility index (Phi) is 4.62. The van der Waals surface area contributed by atoms with Crippen molar-refractivity contribution in [3.63, 3.8) is 0 Å². The molecule has 5 heteroatoms. The summed E-state index contributed by atoms with van der Waals surface area (Å²) in [4.78, 5) is 28.6. The van der Waals surface area contributed by atoms with Crippen molar-refractivity contribution >= 4 is 11.8 Å². The molecule has 0 spiro atoms. The summed E-state index contributed by atoms with van der Waals surface area (Å²) in [6, 6.07) is 6.29. The van der Waals surface area contributed by atoms with Crippen LogP contribution in [0.5, 0.6) is 0 Å². The maximum Gasteiger partial charge on any atom is 0.355 e. The van der Waals surface area contributed by atoms with Crippen LogP contribution in [0.3, 0.4) is 0 Å². The van der Waals surface area contributed by atoms with Gasteiger partial charge in [-0.05, 0) is 67.7 Å². The van der Waals surface area contributed by atoms with Gasteiger partial charge in [0, 0.05) is 17.7 Å². The number of carbonyl (C=O) groups excluding carboxylic acids is 2. The summed E-state index contributed by atoms with van der Waals surface area (Å²) in [5, 5.41) is 0. The number of ether oxygens (including phenoxy) is 1. The lowest BCUT2D eigenvalue weighted by atomic mass is 9.81. The minimum atomic E-state index is -0.369. The van der Waals surface area contributed by atoms with Gasteiger partial charge in [0.1, 0.15) is 17.6 Å². The van der Waals surface area contributed by atoms with Crippen LogP contribution in [0.4, 0.5) is 4.39 Å². The maximum atomic E-state index is 13.2. The summed E-state index contributed by atoms with van der Waals surface area (Å²) < 4.78 is 18.9. The van der Waals surface area contributed by atoms with Gasteiger partial charge < -0.3 is 9.72 Å². The molecule has 4 rings (SSSR count). The van der Waals surface area contributed by atoms with Crippen LogP contribution in [0.2, 0.25) is 0 Å². The van der Waals surface area contributed by atoms with Crippen LogP contribution in [0.1, 0.15) is 76.2 Å². The standard InChI is InChI=1S/C22H24FNO3/c1-12-4-3-5-19(12)27-22(26)21-13(2)20-17(24-21)10-15(11-18(20)25)14-6-8-16(23)9-7-14/h6-9,12,15,19,24H,3-5,10-11H2,1-2H3/t12-,15+,19+/m0/s1. The molecule has 2 aliphatic carbocycles. The fourth-order valence-corrected chi connectivity index (χ4v) is 4.49. The van der Waals surface area contributed by atoms with Gasteiger partial charge in [-0.15, -0.1) is 0 Å². The van der Waals surface area contributed by atoms with Crippen LogP contribution >= 0.6 is 0 Å². The van der Waals surface area contributed by atoms with Crippen molar-refractivity contribution in [2.45, 2.75) is 58.0 Å². The average Bonchev–Trinajstić information content (AvgIpc) is 3.19. The van der Waals surface area contributed by atoms with Crippen molar-refractivity contribution in [2.24, 2.45) is 5.92 Å². The van der Waals surface area contributed by atoms with Crippen molar-refractivity contribution in [3.8, 4) is 0 Å². The summed E-state index contributed by atoms with van der Waals surface area (Å²) in [5.41, 5.74) is 3.42. The van der Waals surface area contributed by atoms with Crippen molar-refractivity contribution in [3.05, 3.63) is 58.2 Å². The van der Waals surface area contributed by atoms with E-state index in [0.29, 0.717) is 35.6 Å². The summed E-state index contributed by atoms with van der Waals surface area (Å²) >= 11 is 0. The van der Waals surface area contributed by atoms with E-state index < -0.39 is 0 Å². The topological polar surface area (TPSA) is 59.2 Å². The Balaban J connectivity index is 1.58. The van der Waals surface area contributed by atoms with Crippen LogP contribution in [-0.2, 0) is 11.2 Å². The predicted octanol–water partition coefficient (Wildman–Crippen LogP) is 4.72. The second-order valence-corrected chi connectivity index (χ2v) is 7.91. The van der Waals surface area contributed by atoms with Gasteiger partial charge >= 0.3 is 5.97 Å². The molecule has 1 heterocycles. The van der Waals surface area contributed by atoms with E-state index in [1.54, 1.807) is 19.1 Å². The number of rotatable bonds is 3. The third kappa shape index (κ3) is 3.31. The molecule has 27 heavy (non-hydrogen) atoms. The van der Waals surface area contributed by atoms with E-state index in [4.69, 9.17) is 4.74 Å². The number of esters is 1. The number of aromatic nitrogens is 1. The minimum Gasteiger partial charge on any atom is -0.457 e. The van der Waals surface area contributed by atoms with Crippen LogP contribution in [0.15, 0.2) is 24.3 Å². The molecule has 1 aromatic heterocycles. The molecule has 1 N–H and O–H groups in total. The molecule has 0 bridgehead atoms. The second-order valence-electron chi connectivity index (χ2n) is 7.91. The third-order valence-corrected chi connectivity index (χ3v) is 6.08. The molecule has 142 valence electrons.